The van der Waals surface area contributed by atoms with Crippen LogP contribution in [0.15, 0.2) is 47.5 Å². The predicted molar refractivity (Wildman–Crippen MR) is 116 cm³/mol. The molecule has 0 saturated carbocycles. The van der Waals surface area contributed by atoms with E-state index in [0.717, 1.165) is 5.56 Å². The molecule has 10 heteroatoms. The Morgan fingerprint density at radius 3 is 2.22 bits per heavy atom. The van der Waals surface area contributed by atoms with Crippen LogP contribution in [-0.2, 0) is 16.6 Å². The lowest BCUT2D eigenvalue weighted by atomic mass is 10.1. The zero-order chi connectivity index (χ0) is 24.0. The smallest absolute Gasteiger partial charge is 0.345 e. The number of aryl methyl sites for hydroxylation is 3. The van der Waals surface area contributed by atoms with Gasteiger partial charge in [-0.3, -0.25) is 10.6 Å². The second-order valence-electron chi connectivity index (χ2n) is 7.89. The third kappa shape index (κ3) is 4.30. The summed E-state index contributed by atoms with van der Waals surface area (Å²) in [5.41, 5.74) is 2.03. The number of nitrogens with zero attached hydrogens (tertiary/aromatic N) is 2. The summed E-state index contributed by atoms with van der Waals surface area (Å²) in [6.45, 7) is 5.30. The van der Waals surface area contributed by atoms with Gasteiger partial charge in [0.25, 0.3) is 10.0 Å². The van der Waals surface area contributed by atoms with Crippen LogP contribution in [0, 0.1) is 20.8 Å². The van der Waals surface area contributed by atoms with Gasteiger partial charge in [-0.05, 0) is 44.9 Å². The Kier molecular flexibility index (Phi) is 6.25. The molecule has 0 radical (unpaired) electrons. The first-order valence-electron chi connectivity index (χ1n) is 9.77. The second kappa shape index (κ2) is 8.34. The van der Waals surface area contributed by atoms with Crippen molar-refractivity contribution in [2.75, 3.05) is 0 Å². The van der Waals surface area contributed by atoms with Crippen molar-refractivity contribution in [3.8, 4) is 0 Å². The highest BCUT2D eigenvalue weighted by atomic mass is 32.2. The molecule has 0 bridgehead atoms. The number of carbonyl (C=O) groups is 1. The van der Waals surface area contributed by atoms with Gasteiger partial charge in [0.05, 0.1) is 4.90 Å². The van der Waals surface area contributed by atoms with Gasteiger partial charge in [-0.25, -0.2) is 8.42 Å². The first kappa shape index (κ1) is 24.0. The number of benzene rings is 2. The van der Waals surface area contributed by atoms with Crippen molar-refractivity contribution >= 4 is 26.7 Å². The molecule has 0 amide bonds. The summed E-state index contributed by atoms with van der Waals surface area (Å²) in [5, 5.41) is 0.484. The quantitative estimate of drug-likeness (QED) is 0.333. The molecule has 3 aromatic rings. The number of hydrogen-bond acceptors (Lipinski definition) is 4. The molecule has 1 aromatic heterocycles. The minimum absolute atomic E-state index is 0.111. The number of aromatic nitrogens is 1. The summed E-state index contributed by atoms with van der Waals surface area (Å²) in [5.74, 6) is 5.38. The maximum Gasteiger partial charge on any atom is 0.408 e. The Balaban J connectivity index is 2.11. The van der Waals surface area contributed by atoms with Crippen LogP contribution in [0.3, 0.4) is 0 Å². The zero-order valence-electron chi connectivity index (χ0n) is 18.1. The number of sulfonamides is 1. The van der Waals surface area contributed by atoms with Crippen molar-refractivity contribution in [3.63, 3.8) is 0 Å². The Hall–Kier alpha value is -2.69. The lowest BCUT2D eigenvalue weighted by molar-refractivity contribution is -0.174. The van der Waals surface area contributed by atoms with E-state index in [1.54, 1.807) is 43.3 Å². The number of halogens is 3. The first-order valence-corrected chi connectivity index (χ1v) is 11.2. The fourth-order valence-corrected chi connectivity index (χ4v) is 5.70. The number of rotatable bonds is 6. The molecule has 0 saturated heterocycles. The fourth-order valence-electron chi connectivity index (χ4n) is 4.04. The number of nitrogens with two attached hydrogens (primary N) is 1. The van der Waals surface area contributed by atoms with E-state index in [9.17, 15) is 26.4 Å². The van der Waals surface area contributed by atoms with E-state index in [2.05, 4.69) is 0 Å². The minimum Gasteiger partial charge on any atom is -0.345 e. The van der Waals surface area contributed by atoms with Crippen LogP contribution in [0.1, 0.15) is 34.0 Å². The minimum atomic E-state index is -4.96. The maximum absolute atomic E-state index is 14.1. The van der Waals surface area contributed by atoms with Gasteiger partial charge in [-0.2, -0.15) is 13.2 Å². The molecule has 172 valence electrons. The maximum atomic E-state index is 14.1. The number of ketones is 1. The van der Waals surface area contributed by atoms with E-state index in [1.165, 1.54) is 31.5 Å². The molecule has 0 aliphatic carbocycles. The van der Waals surface area contributed by atoms with Crippen LogP contribution < -0.4 is 5.84 Å². The summed E-state index contributed by atoms with van der Waals surface area (Å²) < 4.78 is 69.7. The molecule has 0 aliphatic rings. The molecule has 0 fully saturated rings. The molecule has 1 unspecified atom stereocenters. The largest absolute Gasteiger partial charge is 0.408 e. The molecule has 0 aliphatic heterocycles. The fraction of sp³-hybridized carbons (Fsp3) is 0.318. The number of Topliss-reactive ketones (excluding diaryl/α,β-unsaturated/α-hetero) is 1. The average molecular weight is 468 g/mol. The lowest BCUT2D eigenvalue weighted by Gasteiger charge is -2.30. The number of hydrogen-bond donors (Lipinski definition) is 1. The molecule has 0 spiro atoms. The number of hydrazine groups is 1. The SMILES string of the molecule is CC(=O)c1cn(CC(N(N)S(=O)(=O)c2c(C)cc(C)cc2C)C(F)(F)F)c2ccccc12. The van der Waals surface area contributed by atoms with Crippen molar-refractivity contribution in [2.45, 2.75) is 51.4 Å². The Bertz CT molecular complexity index is 1270. The summed E-state index contributed by atoms with van der Waals surface area (Å²) in [7, 11) is -4.67. The van der Waals surface area contributed by atoms with Gasteiger partial charge >= 0.3 is 6.18 Å². The Morgan fingerprint density at radius 2 is 1.69 bits per heavy atom. The van der Waals surface area contributed by atoms with Gasteiger partial charge in [0.1, 0.15) is 0 Å². The summed E-state index contributed by atoms with van der Waals surface area (Å²) in [4.78, 5) is 11.7. The zero-order valence-corrected chi connectivity index (χ0v) is 18.9. The van der Waals surface area contributed by atoms with E-state index < -0.39 is 28.8 Å². The molecule has 6 nitrogen and oxygen atoms in total. The van der Waals surface area contributed by atoms with Crippen LogP contribution in [0.2, 0.25) is 0 Å². The molecule has 1 atom stereocenters. The summed E-state index contributed by atoms with van der Waals surface area (Å²) in [6.07, 6.45) is -3.66. The van der Waals surface area contributed by atoms with E-state index in [4.69, 9.17) is 5.84 Å². The highest BCUT2D eigenvalue weighted by Crippen LogP contribution is 2.32. The van der Waals surface area contributed by atoms with Crippen molar-refractivity contribution < 1.29 is 26.4 Å². The lowest BCUT2D eigenvalue weighted by Crippen LogP contribution is -2.54. The van der Waals surface area contributed by atoms with Crippen LogP contribution in [0.25, 0.3) is 10.9 Å². The highest BCUT2D eigenvalue weighted by molar-refractivity contribution is 7.89. The van der Waals surface area contributed by atoms with Gasteiger partial charge in [0, 0.05) is 29.2 Å². The van der Waals surface area contributed by atoms with E-state index in [0.29, 0.717) is 22.0 Å². The van der Waals surface area contributed by atoms with Crippen LogP contribution in [-0.4, -0.2) is 35.4 Å². The van der Waals surface area contributed by atoms with Gasteiger partial charge in [-0.1, -0.05) is 35.9 Å². The molecular weight excluding hydrogens is 443 g/mol. The number of fused-ring (bicyclic) bond motifs is 1. The highest BCUT2D eigenvalue weighted by Gasteiger charge is 2.48. The summed E-state index contributed by atoms with van der Waals surface area (Å²) >= 11 is 0. The predicted octanol–water partition coefficient (Wildman–Crippen LogP) is 4.26. The van der Waals surface area contributed by atoms with Gasteiger partial charge in [0.15, 0.2) is 11.8 Å². The Labute approximate surface area is 184 Å². The van der Waals surface area contributed by atoms with Crippen LogP contribution in [0.4, 0.5) is 13.2 Å². The average Bonchev–Trinajstić information content (AvgIpc) is 3.02. The van der Waals surface area contributed by atoms with Gasteiger partial charge in [-0.15, -0.1) is 4.41 Å². The van der Waals surface area contributed by atoms with Crippen molar-refractivity contribution in [1.29, 1.82) is 0 Å². The molecule has 32 heavy (non-hydrogen) atoms. The monoisotopic (exact) mass is 467 g/mol. The Morgan fingerprint density at radius 1 is 1.12 bits per heavy atom. The van der Waals surface area contributed by atoms with Crippen molar-refractivity contribution in [1.82, 2.24) is 8.98 Å². The molecule has 2 aromatic carbocycles. The molecular formula is C22H24F3N3O3S. The van der Waals surface area contributed by atoms with Crippen molar-refractivity contribution in [3.05, 3.63) is 64.8 Å². The van der Waals surface area contributed by atoms with Crippen molar-refractivity contribution in [2.24, 2.45) is 5.84 Å². The summed E-state index contributed by atoms with van der Waals surface area (Å²) in [6, 6.07) is 7.09. The van der Waals surface area contributed by atoms with E-state index >= 15 is 0 Å². The van der Waals surface area contributed by atoms with E-state index in [-0.39, 0.29) is 20.7 Å². The topological polar surface area (TPSA) is 85.4 Å². The van der Waals surface area contributed by atoms with Gasteiger partial charge in [0.2, 0.25) is 0 Å². The van der Waals surface area contributed by atoms with Crippen LogP contribution >= 0.6 is 0 Å². The second-order valence-corrected chi connectivity index (χ2v) is 9.67. The van der Waals surface area contributed by atoms with E-state index in [1.807, 2.05) is 0 Å². The normalized spacial score (nSPS) is 13.7. The third-order valence-corrected chi connectivity index (χ3v) is 7.33. The number of alkyl halides is 3. The third-order valence-electron chi connectivity index (χ3n) is 5.36. The number of para-hydroxylation sites is 1. The first-order chi connectivity index (χ1) is 14.7. The molecule has 1 heterocycles. The van der Waals surface area contributed by atoms with Gasteiger partial charge < -0.3 is 4.57 Å². The molecule has 2 N–H and O–H groups in total. The number of carbonyl (C=O) groups excluding carboxylic acids is 1. The van der Waals surface area contributed by atoms with Crippen LogP contribution in [0.5, 0.6) is 0 Å². The molecule has 3 rings (SSSR count). The standard InChI is InChI=1S/C22H24F3N3O3S/c1-13-9-14(2)21(15(3)10-13)32(30,31)28(26)20(22(23,24)25)12-27-11-18(16(4)29)17-7-5-6-8-19(17)27/h5-11,20H,12,26H2,1-4H3.